The number of ether oxygens (including phenoxy) is 1. The van der Waals surface area contributed by atoms with E-state index in [0.29, 0.717) is 17.8 Å². The molecule has 7 heteroatoms. The number of hydrogen-bond acceptors (Lipinski definition) is 5. The molecule has 0 spiro atoms. The maximum atomic E-state index is 12.4. The van der Waals surface area contributed by atoms with Gasteiger partial charge in [0.15, 0.2) is 0 Å². The lowest BCUT2D eigenvalue weighted by molar-refractivity contribution is -0.173. The Hall–Kier alpha value is -2.25. The van der Waals surface area contributed by atoms with Crippen LogP contribution in [0.25, 0.3) is 16.3 Å². The van der Waals surface area contributed by atoms with Gasteiger partial charge in [-0.05, 0) is 18.2 Å². The standard InChI is InChI=1S/C17H18N2O4S/c1-19(17(16(21)22)9-11(10-17)23-2)15(20)8-7-14-18-12-5-3-4-6-13(12)24-14/h3-8,11H,9-10H2,1-2H3,(H,21,22)/b8-7+. The third kappa shape index (κ3) is 2.81. The van der Waals surface area contributed by atoms with Gasteiger partial charge in [-0.3, -0.25) is 4.79 Å². The number of carbonyl (C=O) groups is 2. The molecule has 1 aliphatic rings. The van der Waals surface area contributed by atoms with Crippen LogP contribution in [0.4, 0.5) is 0 Å². The van der Waals surface area contributed by atoms with Gasteiger partial charge in [0.05, 0.1) is 16.3 Å². The largest absolute Gasteiger partial charge is 0.479 e. The van der Waals surface area contributed by atoms with Crippen molar-refractivity contribution >= 4 is 39.5 Å². The minimum atomic E-state index is -1.18. The van der Waals surface area contributed by atoms with Crippen LogP contribution in [0, 0.1) is 0 Å². The van der Waals surface area contributed by atoms with E-state index in [4.69, 9.17) is 4.74 Å². The van der Waals surface area contributed by atoms with E-state index in [-0.39, 0.29) is 12.0 Å². The van der Waals surface area contributed by atoms with Crippen molar-refractivity contribution in [3.05, 3.63) is 35.3 Å². The quantitative estimate of drug-likeness (QED) is 0.841. The van der Waals surface area contributed by atoms with Crippen molar-refractivity contribution < 1.29 is 19.4 Å². The molecule has 1 amide bonds. The number of rotatable bonds is 5. The Morgan fingerprint density at radius 2 is 2.12 bits per heavy atom. The van der Waals surface area contributed by atoms with E-state index in [2.05, 4.69) is 4.98 Å². The molecule has 1 fully saturated rings. The second kappa shape index (κ2) is 6.33. The molecule has 0 atom stereocenters. The zero-order valence-corrected chi connectivity index (χ0v) is 14.2. The van der Waals surface area contributed by atoms with Gasteiger partial charge in [-0.2, -0.15) is 0 Å². The van der Waals surface area contributed by atoms with Crippen molar-refractivity contribution in [2.75, 3.05) is 14.2 Å². The van der Waals surface area contributed by atoms with Gasteiger partial charge in [0.25, 0.3) is 0 Å². The maximum absolute atomic E-state index is 12.4. The van der Waals surface area contributed by atoms with Crippen LogP contribution in [0.15, 0.2) is 30.3 Å². The van der Waals surface area contributed by atoms with Gasteiger partial charge < -0.3 is 14.7 Å². The Morgan fingerprint density at radius 3 is 2.75 bits per heavy atom. The van der Waals surface area contributed by atoms with Crippen molar-refractivity contribution in [3.8, 4) is 0 Å². The molecular weight excluding hydrogens is 328 g/mol. The van der Waals surface area contributed by atoms with Crippen molar-refractivity contribution in [1.29, 1.82) is 0 Å². The number of para-hydroxylation sites is 1. The number of carbonyl (C=O) groups excluding carboxylic acids is 1. The number of carboxylic acid groups (broad SMARTS) is 1. The summed E-state index contributed by atoms with van der Waals surface area (Å²) in [6, 6.07) is 7.73. The Balaban J connectivity index is 1.74. The normalized spacial score (nSPS) is 23.3. The van der Waals surface area contributed by atoms with Gasteiger partial charge in [-0.1, -0.05) is 12.1 Å². The van der Waals surface area contributed by atoms with Crippen molar-refractivity contribution in [1.82, 2.24) is 9.88 Å². The number of methoxy groups -OCH3 is 1. The van der Waals surface area contributed by atoms with Crippen molar-refractivity contribution in [2.45, 2.75) is 24.5 Å². The molecule has 0 radical (unpaired) electrons. The highest BCUT2D eigenvalue weighted by Gasteiger charge is 2.55. The Bertz CT molecular complexity index is 775. The molecule has 0 saturated heterocycles. The number of thiazole rings is 1. The molecule has 1 heterocycles. The topological polar surface area (TPSA) is 79.7 Å². The van der Waals surface area contributed by atoms with Gasteiger partial charge >= 0.3 is 5.97 Å². The first-order valence-electron chi connectivity index (χ1n) is 7.54. The third-order valence-electron chi connectivity index (χ3n) is 4.51. The molecule has 6 nitrogen and oxygen atoms in total. The summed E-state index contributed by atoms with van der Waals surface area (Å²) in [6.45, 7) is 0. The number of aliphatic carboxylic acids is 1. The number of aromatic nitrogens is 1. The molecular formula is C17H18N2O4S. The van der Waals surface area contributed by atoms with Gasteiger partial charge in [-0.15, -0.1) is 11.3 Å². The fourth-order valence-electron chi connectivity index (χ4n) is 2.88. The van der Waals surface area contributed by atoms with Gasteiger partial charge in [-0.25, -0.2) is 9.78 Å². The monoisotopic (exact) mass is 346 g/mol. The first-order valence-corrected chi connectivity index (χ1v) is 8.35. The smallest absolute Gasteiger partial charge is 0.329 e. The summed E-state index contributed by atoms with van der Waals surface area (Å²) in [5, 5.41) is 10.2. The average Bonchev–Trinajstić information content (AvgIpc) is 2.94. The van der Waals surface area contributed by atoms with Gasteiger partial charge in [0, 0.05) is 33.1 Å². The molecule has 1 N–H and O–H groups in total. The van der Waals surface area contributed by atoms with Crippen LogP contribution in [0.3, 0.4) is 0 Å². The van der Waals surface area contributed by atoms with Crippen LogP contribution in [-0.4, -0.2) is 52.7 Å². The molecule has 0 unspecified atom stereocenters. The van der Waals surface area contributed by atoms with Crippen LogP contribution in [0.2, 0.25) is 0 Å². The lowest BCUT2D eigenvalue weighted by atomic mass is 9.73. The van der Waals surface area contributed by atoms with Crippen molar-refractivity contribution in [2.24, 2.45) is 0 Å². The number of benzene rings is 1. The van der Waals surface area contributed by atoms with Crippen LogP contribution in [0.1, 0.15) is 17.8 Å². The Kier molecular flexibility index (Phi) is 4.38. The molecule has 1 aromatic carbocycles. The van der Waals surface area contributed by atoms with E-state index >= 15 is 0 Å². The van der Waals surface area contributed by atoms with E-state index in [9.17, 15) is 14.7 Å². The molecule has 0 bridgehead atoms. The number of fused-ring (bicyclic) bond motifs is 1. The number of amides is 1. The Morgan fingerprint density at radius 1 is 1.42 bits per heavy atom. The fourth-order valence-corrected chi connectivity index (χ4v) is 3.75. The Labute approximate surface area is 143 Å². The van der Waals surface area contributed by atoms with Crippen molar-refractivity contribution in [3.63, 3.8) is 0 Å². The van der Waals surface area contributed by atoms with Crippen LogP contribution >= 0.6 is 11.3 Å². The third-order valence-corrected chi connectivity index (χ3v) is 5.52. The van der Waals surface area contributed by atoms with E-state index in [1.54, 1.807) is 13.2 Å². The second-order valence-electron chi connectivity index (χ2n) is 5.85. The SMILES string of the molecule is COC1CC(C(=O)O)(N(C)C(=O)/C=C/c2nc3ccccc3s2)C1. The zero-order valence-electron chi connectivity index (χ0n) is 13.4. The second-order valence-corrected chi connectivity index (χ2v) is 6.92. The molecule has 0 aliphatic heterocycles. The average molecular weight is 346 g/mol. The molecule has 3 rings (SSSR count). The van der Waals surface area contributed by atoms with Gasteiger partial charge in [0.1, 0.15) is 10.5 Å². The predicted octanol–water partition coefficient (Wildman–Crippen LogP) is 2.40. The van der Waals surface area contributed by atoms with E-state index in [0.717, 1.165) is 10.2 Å². The molecule has 1 saturated carbocycles. The summed E-state index contributed by atoms with van der Waals surface area (Å²) in [6.07, 6.45) is 3.49. The number of nitrogens with zero attached hydrogens (tertiary/aromatic N) is 2. The van der Waals surface area contributed by atoms with Gasteiger partial charge in [0.2, 0.25) is 5.91 Å². The molecule has 2 aromatic rings. The highest BCUT2D eigenvalue weighted by atomic mass is 32.1. The highest BCUT2D eigenvalue weighted by molar-refractivity contribution is 7.19. The van der Waals surface area contributed by atoms with E-state index in [1.807, 2.05) is 24.3 Å². The summed E-state index contributed by atoms with van der Waals surface area (Å²) in [5.41, 5.74) is -0.303. The summed E-state index contributed by atoms with van der Waals surface area (Å²) < 4.78 is 6.20. The van der Waals surface area contributed by atoms with Crippen LogP contribution in [0.5, 0.6) is 0 Å². The molecule has 1 aliphatic carbocycles. The fraction of sp³-hybridized carbons (Fsp3) is 0.353. The van der Waals surface area contributed by atoms with Crippen LogP contribution < -0.4 is 0 Å². The molecule has 1 aromatic heterocycles. The lowest BCUT2D eigenvalue weighted by Crippen LogP contribution is -2.64. The number of carboxylic acids is 1. The summed E-state index contributed by atoms with van der Waals surface area (Å²) in [7, 11) is 3.07. The summed E-state index contributed by atoms with van der Waals surface area (Å²) >= 11 is 1.48. The minimum absolute atomic E-state index is 0.121. The summed E-state index contributed by atoms with van der Waals surface area (Å²) in [4.78, 5) is 29.7. The first-order chi connectivity index (χ1) is 11.5. The summed E-state index contributed by atoms with van der Waals surface area (Å²) in [5.74, 6) is -1.36. The molecule has 24 heavy (non-hydrogen) atoms. The maximum Gasteiger partial charge on any atom is 0.329 e. The lowest BCUT2D eigenvalue weighted by Gasteiger charge is -2.48. The predicted molar refractivity (Wildman–Crippen MR) is 91.8 cm³/mol. The zero-order chi connectivity index (χ0) is 17.3. The van der Waals surface area contributed by atoms with E-state index < -0.39 is 11.5 Å². The number of likely N-dealkylation sites (N-methyl/N-ethyl adjacent to an activating group) is 1. The minimum Gasteiger partial charge on any atom is -0.479 e. The first kappa shape index (κ1) is 16.6. The molecule has 126 valence electrons. The number of hydrogen-bond donors (Lipinski definition) is 1. The highest BCUT2D eigenvalue weighted by Crippen LogP contribution is 2.39. The van der Waals surface area contributed by atoms with Crippen LogP contribution in [-0.2, 0) is 14.3 Å². The van der Waals surface area contributed by atoms with E-state index in [1.165, 1.54) is 29.4 Å².